The highest BCUT2D eigenvalue weighted by Gasteiger charge is 2.17. The van der Waals surface area contributed by atoms with E-state index in [1.807, 2.05) is 12.1 Å². The standard InChI is InChI=1S/C25H26N2O/c1-4-6-18-9-10-20-23(14-18)27(15-19-12-16(2)11-17(3)13-19)22-8-5-7-21(24(20)22)25(26)28/h5,7-14H,4,6,15H2,1-3H3,(H2,26,28). The average molecular weight is 370 g/mol. The third kappa shape index (κ3) is 3.18. The lowest BCUT2D eigenvalue weighted by Gasteiger charge is -2.11. The first-order valence-corrected chi connectivity index (χ1v) is 9.88. The van der Waals surface area contributed by atoms with E-state index in [2.05, 4.69) is 67.8 Å². The number of nitrogens with zero attached hydrogens (tertiary/aromatic N) is 1. The Balaban J connectivity index is 2.02. The van der Waals surface area contributed by atoms with Gasteiger partial charge in [0, 0.05) is 28.4 Å². The minimum absolute atomic E-state index is 0.381. The predicted octanol–water partition coefficient (Wildman–Crippen LogP) is 5.51. The van der Waals surface area contributed by atoms with Crippen LogP contribution in [0.1, 0.15) is 46.0 Å². The summed E-state index contributed by atoms with van der Waals surface area (Å²) < 4.78 is 2.32. The molecule has 2 N–H and O–H groups in total. The van der Waals surface area contributed by atoms with Crippen LogP contribution in [0.4, 0.5) is 0 Å². The minimum atomic E-state index is -0.381. The molecule has 142 valence electrons. The van der Waals surface area contributed by atoms with E-state index in [1.165, 1.54) is 22.3 Å². The van der Waals surface area contributed by atoms with Crippen LogP contribution in [0.25, 0.3) is 21.8 Å². The van der Waals surface area contributed by atoms with E-state index in [4.69, 9.17) is 5.73 Å². The van der Waals surface area contributed by atoms with Gasteiger partial charge in [-0.3, -0.25) is 4.79 Å². The predicted molar refractivity (Wildman–Crippen MR) is 117 cm³/mol. The Labute approximate surface area is 165 Å². The maximum absolute atomic E-state index is 12.1. The van der Waals surface area contributed by atoms with Crippen LogP contribution >= 0.6 is 0 Å². The maximum atomic E-state index is 12.1. The summed E-state index contributed by atoms with van der Waals surface area (Å²) in [6, 6.07) is 19.1. The first kappa shape index (κ1) is 18.3. The third-order valence-corrected chi connectivity index (χ3v) is 5.38. The molecule has 0 aliphatic rings. The summed E-state index contributed by atoms with van der Waals surface area (Å²) in [6.07, 6.45) is 2.15. The molecule has 28 heavy (non-hydrogen) atoms. The van der Waals surface area contributed by atoms with Crippen molar-refractivity contribution in [1.29, 1.82) is 0 Å². The molecular formula is C25H26N2O. The topological polar surface area (TPSA) is 48.0 Å². The molecule has 0 aliphatic carbocycles. The van der Waals surface area contributed by atoms with Gasteiger partial charge in [0.15, 0.2) is 0 Å². The van der Waals surface area contributed by atoms with Crippen LogP contribution in [0.3, 0.4) is 0 Å². The second-order valence-corrected chi connectivity index (χ2v) is 7.75. The van der Waals surface area contributed by atoms with Crippen molar-refractivity contribution in [3.8, 4) is 0 Å². The van der Waals surface area contributed by atoms with Crippen molar-refractivity contribution >= 4 is 27.7 Å². The number of primary amides is 1. The summed E-state index contributed by atoms with van der Waals surface area (Å²) in [5.74, 6) is -0.381. The monoisotopic (exact) mass is 370 g/mol. The molecule has 3 heteroatoms. The molecule has 4 rings (SSSR count). The van der Waals surface area contributed by atoms with E-state index in [1.54, 1.807) is 0 Å². The number of hydrogen-bond acceptors (Lipinski definition) is 1. The van der Waals surface area contributed by atoms with Gasteiger partial charge < -0.3 is 10.3 Å². The van der Waals surface area contributed by atoms with Crippen LogP contribution < -0.4 is 5.73 Å². The Morgan fingerprint density at radius 1 is 0.929 bits per heavy atom. The van der Waals surface area contributed by atoms with E-state index in [-0.39, 0.29) is 5.91 Å². The summed E-state index contributed by atoms with van der Waals surface area (Å²) in [5.41, 5.74) is 13.6. The lowest BCUT2D eigenvalue weighted by molar-refractivity contribution is 0.100. The summed E-state index contributed by atoms with van der Waals surface area (Å²) in [7, 11) is 0. The number of amides is 1. The van der Waals surface area contributed by atoms with Crippen molar-refractivity contribution in [1.82, 2.24) is 4.57 Å². The SMILES string of the molecule is CCCc1ccc2c3c(C(N)=O)cccc3n(Cc3cc(C)cc(C)c3)c2c1. The van der Waals surface area contributed by atoms with Crippen LogP contribution in [0.5, 0.6) is 0 Å². The van der Waals surface area contributed by atoms with Gasteiger partial charge in [-0.25, -0.2) is 0 Å². The smallest absolute Gasteiger partial charge is 0.249 e. The Kier molecular flexibility index (Phi) is 4.68. The molecule has 0 fully saturated rings. The zero-order chi connectivity index (χ0) is 19.8. The van der Waals surface area contributed by atoms with E-state index in [0.717, 1.165) is 41.2 Å². The van der Waals surface area contributed by atoms with Gasteiger partial charge in [0.2, 0.25) is 5.91 Å². The second kappa shape index (κ2) is 7.16. The highest BCUT2D eigenvalue weighted by Crippen LogP contribution is 2.33. The highest BCUT2D eigenvalue weighted by atomic mass is 16.1. The largest absolute Gasteiger partial charge is 0.366 e. The van der Waals surface area contributed by atoms with Gasteiger partial charge in [-0.05, 0) is 49.6 Å². The van der Waals surface area contributed by atoms with Crippen LogP contribution in [0.2, 0.25) is 0 Å². The average Bonchev–Trinajstić information content (AvgIpc) is 2.94. The molecule has 1 amide bonds. The summed E-state index contributed by atoms with van der Waals surface area (Å²) >= 11 is 0. The molecule has 4 aromatic rings. The van der Waals surface area contributed by atoms with Gasteiger partial charge in [0.05, 0.1) is 5.52 Å². The van der Waals surface area contributed by atoms with Gasteiger partial charge in [-0.2, -0.15) is 0 Å². The lowest BCUT2D eigenvalue weighted by atomic mass is 10.0. The molecule has 0 saturated carbocycles. The number of aromatic nitrogens is 1. The van der Waals surface area contributed by atoms with Crippen LogP contribution in [0, 0.1) is 13.8 Å². The minimum Gasteiger partial charge on any atom is -0.366 e. The van der Waals surface area contributed by atoms with Gasteiger partial charge in [-0.15, -0.1) is 0 Å². The van der Waals surface area contributed by atoms with Crippen molar-refractivity contribution in [3.05, 3.63) is 82.4 Å². The Morgan fingerprint density at radius 3 is 2.36 bits per heavy atom. The molecule has 0 spiro atoms. The normalized spacial score (nSPS) is 11.4. The molecule has 3 aromatic carbocycles. The van der Waals surface area contributed by atoms with Crippen molar-refractivity contribution in [3.63, 3.8) is 0 Å². The van der Waals surface area contributed by atoms with Crippen molar-refractivity contribution in [2.24, 2.45) is 5.73 Å². The number of fused-ring (bicyclic) bond motifs is 3. The van der Waals surface area contributed by atoms with Crippen molar-refractivity contribution < 1.29 is 4.79 Å². The fourth-order valence-electron chi connectivity index (χ4n) is 4.35. The van der Waals surface area contributed by atoms with Crippen LogP contribution in [0.15, 0.2) is 54.6 Å². The number of hydrogen-bond donors (Lipinski definition) is 1. The molecule has 0 atom stereocenters. The molecule has 0 radical (unpaired) electrons. The number of nitrogens with two attached hydrogens (primary N) is 1. The Morgan fingerprint density at radius 2 is 1.68 bits per heavy atom. The van der Waals surface area contributed by atoms with Gasteiger partial charge in [0.25, 0.3) is 0 Å². The van der Waals surface area contributed by atoms with Crippen LogP contribution in [-0.2, 0) is 13.0 Å². The maximum Gasteiger partial charge on any atom is 0.249 e. The number of carbonyl (C=O) groups excluding carboxylic acids is 1. The molecule has 3 nitrogen and oxygen atoms in total. The Bertz CT molecular complexity index is 1180. The molecule has 1 aromatic heterocycles. The summed E-state index contributed by atoms with van der Waals surface area (Å²) in [4.78, 5) is 12.1. The highest BCUT2D eigenvalue weighted by molar-refractivity contribution is 6.18. The van der Waals surface area contributed by atoms with E-state index in [0.29, 0.717) is 5.56 Å². The molecule has 0 aliphatic heterocycles. The quantitative estimate of drug-likeness (QED) is 0.495. The third-order valence-electron chi connectivity index (χ3n) is 5.38. The van der Waals surface area contributed by atoms with Gasteiger partial charge in [0.1, 0.15) is 0 Å². The zero-order valence-corrected chi connectivity index (χ0v) is 16.8. The van der Waals surface area contributed by atoms with Gasteiger partial charge >= 0.3 is 0 Å². The van der Waals surface area contributed by atoms with E-state index >= 15 is 0 Å². The summed E-state index contributed by atoms with van der Waals surface area (Å²) in [5, 5.41) is 2.05. The van der Waals surface area contributed by atoms with E-state index < -0.39 is 0 Å². The zero-order valence-electron chi connectivity index (χ0n) is 16.8. The number of benzene rings is 3. The lowest BCUT2D eigenvalue weighted by Crippen LogP contribution is -2.11. The number of rotatable bonds is 5. The van der Waals surface area contributed by atoms with Crippen molar-refractivity contribution in [2.75, 3.05) is 0 Å². The van der Waals surface area contributed by atoms with Crippen LogP contribution in [-0.4, -0.2) is 10.5 Å². The van der Waals surface area contributed by atoms with Crippen molar-refractivity contribution in [2.45, 2.75) is 40.2 Å². The molecule has 0 saturated heterocycles. The number of carbonyl (C=O) groups is 1. The van der Waals surface area contributed by atoms with Gasteiger partial charge in [-0.1, -0.05) is 60.9 Å². The molecule has 0 bridgehead atoms. The second-order valence-electron chi connectivity index (χ2n) is 7.75. The molecule has 0 unspecified atom stereocenters. The fraction of sp³-hybridized carbons (Fsp3) is 0.240. The Hall–Kier alpha value is -3.07. The molecular weight excluding hydrogens is 344 g/mol. The fourth-order valence-corrected chi connectivity index (χ4v) is 4.35. The van der Waals surface area contributed by atoms with E-state index in [9.17, 15) is 4.79 Å². The first-order chi connectivity index (χ1) is 13.5. The molecule has 1 heterocycles. The number of aryl methyl sites for hydroxylation is 3. The summed E-state index contributed by atoms with van der Waals surface area (Å²) in [6.45, 7) is 7.22. The first-order valence-electron chi connectivity index (χ1n) is 9.88.